The lowest BCUT2D eigenvalue weighted by Gasteiger charge is -2.70. The molecule has 1 aliphatic heterocycles. The van der Waals surface area contributed by atoms with Crippen molar-refractivity contribution in [3.05, 3.63) is 22.8 Å². The Kier molecular flexibility index (Phi) is 9.55. The quantitative estimate of drug-likeness (QED) is 0.130. The van der Waals surface area contributed by atoms with Crippen molar-refractivity contribution in [2.24, 2.45) is 39.4 Å². The zero-order chi connectivity index (χ0) is 33.3. The van der Waals surface area contributed by atoms with Crippen molar-refractivity contribution >= 4 is 5.97 Å². The summed E-state index contributed by atoms with van der Waals surface area (Å²) in [7, 11) is 0. The van der Waals surface area contributed by atoms with E-state index in [4.69, 9.17) is 9.47 Å². The molecular weight excluding hydrogens is 576 g/mol. The highest BCUT2D eigenvalue weighted by Crippen LogP contribution is 2.75. The molecule has 256 valence electrons. The van der Waals surface area contributed by atoms with Crippen molar-refractivity contribution in [2.75, 3.05) is 6.61 Å². The summed E-state index contributed by atoms with van der Waals surface area (Å²) in [6, 6.07) is 0. The molecular formula is C36H58O9. The molecule has 0 amide bonds. The molecule has 0 radical (unpaired) electrons. The Hall–Kier alpha value is -1.33. The number of carboxylic acids is 1. The fraction of sp³-hybridized carbons (Fsp3) is 0.861. The van der Waals surface area contributed by atoms with Crippen molar-refractivity contribution < 1.29 is 44.9 Å². The number of carboxylic acid groups (broad SMARTS) is 1. The first kappa shape index (κ1) is 35.0. The highest BCUT2D eigenvalue weighted by atomic mass is 16.7. The third-order valence-corrected chi connectivity index (χ3v) is 13.9. The van der Waals surface area contributed by atoms with Crippen LogP contribution in [0.4, 0.5) is 0 Å². The molecule has 5 unspecified atom stereocenters. The van der Waals surface area contributed by atoms with Crippen molar-refractivity contribution in [2.45, 2.75) is 149 Å². The van der Waals surface area contributed by atoms with Gasteiger partial charge in [-0.05, 0) is 104 Å². The molecule has 1 heterocycles. The van der Waals surface area contributed by atoms with Crippen LogP contribution in [0, 0.1) is 39.4 Å². The van der Waals surface area contributed by atoms with E-state index in [0.29, 0.717) is 30.3 Å². The van der Waals surface area contributed by atoms with E-state index in [1.54, 1.807) is 12.5 Å². The molecule has 3 saturated carbocycles. The number of hydrogen-bond donors (Lipinski definition) is 6. The molecule has 5 rings (SSSR count). The molecule has 0 spiro atoms. The standard InChI is InChI=1S/C36H58O9/c1-19(9-8-10-20(2)31(42)43)21-13-16-35(6)22(21)11-12-25-34(5)15-14-26(38)33(3,4)30(34)23(17-36(25,35)7)44-32-29(41)28(40)27(39)24(18-37)45-32/h10,19,23-30,32,37-41H,8-9,11-18H2,1-7H3,(H,42,43)/b20-10+/t19-,23-,24?,25+,26+,27?,28?,29?,30-,32?,34+,35+,36+/m0/s1. The second kappa shape index (κ2) is 12.3. The summed E-state index contributed by atoms with van der Waals surface area (Å²) in [6.07, 6.45) is 2.30. The number of aliphatic hydroxyl groups excluding tert-OH is 5. The zero-order valence-corrected chi connectivity index (χ0v) is 28.3. The van der Waals surface area contributed by atoms with Crippen LogP contribution < -0.4 is 0 Å². The molecule has 6 N–H and O–H groups in total. The molecule has 0 aromatic carbocycles. The zero-order valence-electron chi connectivity index (χ0n) is 28.3. The van der Waals surface area contributed by atoms with Gasteiger partial charge in [0.2, 0.25) is 0 Å². The molecule has 5 aliphatic rings. The van der Waals surface area contributed by atoms with Crippen LogP contribution in [0.25, 0.3) is 0 Å². The van der Waals surface area contributed by atoms with E-state index in [1.807, 2.05) is 6.08 Å². The summed E-state index contributed by atoms with van der Waals surface area (Å²) in [6.45, 7) is 14.9. The molecule has 1 saturated heterocycles. The smallest absolute Gasteiger partial charge is 0.330 e. The van der Waals surface area contributed by atoms with Gasteiger partial charge in [0.05, 0.1) is 18.8 Å². The number of rotatable bonds is 8. The number of allylic oxidation sites excluding steroid dienone is 3. The van der Waals surface area contributed by atoms with E-state index in [2.05, 4.69) is 41.5 Å². The Morgan fingerprint density at radius 3 is 2.36 bits per heavy atom. The maximum atomic E-state index is 11.3. The predicted octanol–water partition coefficient (Wildman–Crippen LogP) is 4.34. The van der Waals surface area contributed by atoms with Gasteiger partial charge < -0.3 is 40.1 Å². The minimum atomic E-state index is -1.51. The Balaban J connectivity index is 1.51. The first-order valence-electron chi connectivity index (χ1n) is 17.2. The summed E-state index contributed by atoms with van der Waals surface area (Å²) in [5.41, 5.74) is 2.62. The molecule has 13 atom stereocenters. The van der Waals surface area contributed by atoms with Crippen molar-refractivity contribution in [1.82, 2.24) is 0 Å². The number of hydrogen-bond acceptors (Lipinski definition) is 8. The first-order valence-corrected chi connectivity index (χ1v) is 17.2. The van der Waals surface area contributed by atoms with Crippen molar-refractivity contribution in [3.8, 4) is 0 Å². The SMILES string of the molecule is C/C(=C\CC[C@H](C)C1=C2CC[C@@H]3[C@@]4(C)CC[C@@H](O)C(C)(C)[C@@H]4[C@@H](OC4OC(CO)C(O)C(O)C4O)C[C@@]3(C)[C@]2(C)CC1)C(=O)O. The van der Waals surface area contributed by atoms with Crippen LogP contribution in [0.3, 0.4) is 0 Å². The fourth-order valence-corrected chi connectivity index (χ4v) is 11.2. The number of carbonyl (C=O) groups is 1. The van der Waals surface area contributed by atoms with Gasteiger partial charge in [-0.25, -0.2) is 4.79 Å². The van der Waals surface area contributed by atoms with Crippen molar-refractivity contribution in [1.29, 1.82) is 0 Å². The van der Waals surface area contributed by atoms with E-state index in [9.17, 15) is 35.4 Å². The first-order chi connectivity index (χ1) is 20.9. The van der Waals surface area contributed by atoms with Crippen LogP contribution in [-0.4, -0.2) is 86.1 Å². The van der Waals surface area contributed by atoms with Crippen LogP contribution in [0.2, 0.25) is 0 Å². The summed E-state index contributed by atoms with van der Waals surface area (Å²) in [5.74, 6) is -0.164. The lowest BCUT2D eigenvalue weighted by atomic mass is 9.35. The van der Waals surface area contributed by atoms with Gasteiger partial charge in [-0.15, -0.1) is 0 Å². The topological polar surface area (TPSA) is 157 Å². The van der Waals surface area contributed by atoms with Gasteiger partial charge in [-0.1, -0.05) is 58.8 Å². The fourth-order valence-electron chi connectivity index (χ4n) is 11.2. The monoisotopic (exact) mass is 634 g/mol. The van der Waals surface area contributed by atoms with E-state index in [0.717, 1.165) is 44.9 Å². The Morgan fingerprint density at radius 1 is 1.02 bits per heavy atom. The predicted molar refractivity (Wildman–Crippen MR) is 169 cm³/mol. The molecule has 0 aromatic rings. The van der Waals surface area contributed by atoms with E-state index >= 15 is 0 Å². The van der Waals surface area contributed by atoms with Crippen LogP contribution in [0.15, 0.2) is 22.8 Å². The average molecular weight is 635 g/mol. The van der Waals surface area contributed by atoms with Gasteiger partial charge >= 0.3 is 5.97 Å². The summed E-state index contributed by atoms with van der Waals surface area (Å²) < 4.78 is 12.6. The molecule has 4 fully saturated rings. The van der Waals surface area contributed by atoms with Crippen LogP contribution >= 0.6 is 0 Å². The Labute approximate surface area is 268 Å². The van der Waals surface area contributed by atoms with Crippen LogP contribution in [0.5, 0.6) is 0 Å². The number of aliphatic carboxylic acids is 1. The molecule has 9 nitrogen and oxygen atoms in total. The van der Waals surface area contributed by atoms with E-state index < -0.39 is 60.9 Å². The lowest BCUT2D eigenvalue weighted by molar-refractivity contribution is -0.341. The second-order valence-electron chi connectivity index (χ2n) is 16.5. The maximum absolute atomic E-state index is 11.3. The van der Waals surface area contributed by atoms with Gasteiger partial charge in [0, 0.05) is 5.57 Å². The van der Waals surface area contributed by atoms with Gasteiger partial charge in [0.1, 0.15) is 24.4 Å². The van der Waals surface area contributed by atoms with E-state index in [1.165, 1.54) is 5.57 Å². The molecule has 9 heteroatoms. The molecule has 0 bridgehead atoms. The maximum Gasteiger partial charge on any atom is 0.330 e. The highest BCUT2D eigenvalue weighted by molar-refractivity contribution is 5.85. The van der Waals surface area contributed by atoms with Gasteiger partial charge in [-0.3, -0.25) is 0 Å². The van der Waals surface area contributed by atoms with Crippen molar-refractivity contribution in [3.63, 3.8) is 0 Å². The third kappa shape index (κ3) is 5.46. The van der Waals surface area contributed by atoms with Crippen LogP contribution in [0.1, 0.15) is 106 Å². The molecule has 0 aromatic heterocycles. The Morgan fingerprint density at radius 2 is 1.71 bits per heavy atom. The minimum Gasteiger partial charge on any atom is -0.478 e. The number of aliphatic hydroxyl groups is 5. The lowest BCUT2D eigenvalue weighted by Crippen LogP contribution is -2.68. The second-order valence-corrected chi connectivity index (χ2v) is 16.5. The number of ether oxygens (including phenoxy) is 2. The Bertz CT molecular complexity index is 1190. The number of fused-ring (bicyclic) bond motifs is 5. The van der Waals surface area contributed by atoms with Crippen LogP contribution in [-0.2, 0) is 14.3 Å². The summed E-state index contributed by atoms with van der Waals surface area (Å²) in [5, 5.41) is 62.4. The van der Waals surface area contributed by atoms with Gasteiger partial charge in [-0.2, -0.15) is 0 Å². The van der Waals surface area contributed by atoms with Gasteiger partial charge in [0.15, 0.2) is 6.29 Å². The van der Waals surface area contributed by atoms with E-state index in [-0.39, 0.29) is 22.2 Å². The minimum absolute atomic E-state index is 0.0441. The average Bonchev–Trinajstić information content (AvgIpc) is 3.33. The largest absolute Gasteiger partial charge is 0.478 e. The normalized spacial score (nSPS) is 47.1. The third-order valence-electron chi connectivity index (χ3n) is 13.9. The summed E-state index contributed by atoms with van der Waals surface area (Å²) >= 11 is 0. The van der Waals surface area contributed by atoms with Gasteiger partial charge in [0.25, 0.3) is 0 Å². The molecule has 4 aliphatic carbocycles. The highest BCUT2D eigenvalue weighted by Gasteiger charge is 2.70. The molecule has 45 heavy (non-hydrogen) atoms. The summed E-state index contributed by atoms with van der Waals surface area (Å²) in [4.78, 5) is 11.3.